The molecule has 1 aliphatic rings. The van der Waals surface area contributed by atoms with E-state index in [1.165, 1.54) is 50.6 Å². The molecule has 1 aromatic carbocycles. The Morgan fingerprint density at radius 2 is 1.73 bits per heavy atom. The van der Waals surface area contributed by atoms with E-state index in [0.717, 1.165) is 11.0 Å². The number of hydrogen-bond donors (Lipinski definition) is 0. The molecular formula is C21H32N+. The molecule has 1 heterocycles. The second-order valence-corrected chi connectivity index (χ2v) is 6.53. The van der Waals surface area contributed by atoms with Crippen molar-refractivity contribution in [3.63, 3.8) is 0 Å². The predicted octanol–water partition coefficient (Wildman–Crippen LogP) is 6.01. The maximum Gasteiger partial charge on any atom is 0.119 e. The lowest BCUT2D eigenvalue weighted by molar-refractivity contribution is -0.906. The van der Waals surface area contributed by atoms with Crippen LogP contribution in [0.15, 0.2) is 54.8 Å². The Hall–Kier alpha value is -1.34. The van der Waals surface area contributed by atoms with E-state index >= 15 is 0 Å². The molecule has 1 heteroatoms. The molecule has 120 valence electrons. The standard InChI is InChI=1S/C21H32N/c1-3-5-6-7-12-17-22(18-13-9-14-19-22)21(4-2)20-15-10-8-11-16-20/h8-11,13-16,18,21H,3-7,12,17,19H2,1-2H3/q+1. The summed E-state index contributed by atoms with van der Waals surface area (Å²) in [6.07, 6.45) is 17.2. The summed E-state index contributed by atoms with van der Waals surface area (Å²) in [5.41, 5.74) is 1.48. The van der Waals surface area contributed by atoms with Gasteiger partial charge in [-0.15, -0.1) is 0 Å². The van der Waals surface area contributed by atoms with Crippen LogP contribution in [-0.4, -0.2) is 17.6 Å². The van der Waals surface area contributed by atoms with Crippen LogP contribution in [-0.2, 0) is 0 Å². The minimum absolute atomic E-state index is 0.577. The van der Waals surface area contributed by atoms with Gasteiger partial charge in [0.15, 0.2) is 0 Å². The van der Waals surface area contributed by atoms with Crippen molar-refractivity contribution in [1.29, 1.82) is 0 Å². The number of benzene rings is 1. The van der Waals surface area contributed by atoms with E-state index in [1.807, 2.05) is 0 Å². The van der Waals surface area contributed by atoms with E-state index in [9.17, 15) is 0 Å². The van der Waals surface area contributed by atoms with Crippen LogP contribution in [0.5, 0.6) is 0 Å². The molecule has 0 N–H and O–H groups in total. The van der Waals surface area contributed by atoms with Crippen molar-refractivity contribution in [1.82, 2.24) is 0 Å². The molecule has 0 saturated heterocycles. The molecule has 2 unspecified atom stereocenters. The minimum Gasteiger partial charge on any atom is -0.288 e. The molecule has 0 aliphatic carbocycles. The molecule has 0 fully saturated rings. The Balaban J connectivity index is 2.10. The number of nitrogens with zero attached hydrogens (tertiary/aromatic N) is 1. The van der Waals surface area contributed by atoms with Crippen molar-refractivity contribution in [2.24, 2.45) is 0 Å². The van der Waals surface area contributed by atoms with Gasteiger partial charge >= 0.3 is 0 Å². The van der Waals surface area contributed by atoms with Crippen molar-refractivity contribution in [3.05, 3.63) is 60.3 Å². The lowest BCUT2D eigenvalue weighted by Gasteiger charge is -2.42. The van der Waals surface area contributed by atoms with E-state index in [-0.39, 0.29) is 0 Å². The van der Waals surface area contributed by atoms with E-state index in [1.54, 1.807) is 0 Å². The van der Waals surface area contributed by atoms with Crippen LogP contribution >= 0.6 is 0 Å². The van der Waals surface area contributed by atoms with E-state index in [4.69, 9.17) is 0 Å². The lowest BCUT2D eigenvalue weighted by atomic mass is 9.98. The molecule has 0 aromatic heterocycles. The van der Waals surface area contributed by atoms with Gasteiger partial charge in [-0.2, -0.15) is 0 Å². The van der Waals surface area contributed by atoms with Crippen LogP contribution in [0.4, 0.5) is 0 Å². The average molecular weight is 298 g/mol. The van der Waals surface area contributed by atoms with Gasteiger partial charge in [-0.25, -0.2) is 0 Å². The Labute approximate surface area is 136 Å². The molecule has 22 heavy (non-hydrogen) atoms. The summed E-state index contributed by atoms with van der Waals surface area (Å²) in [6, 6.07) is 11.7. The number of allylic oxidation sites excluding steroid dienone is 2. The summed E-state index contributed by atoms with van der Waals surface area (Å²) in [7, 11) is 0. The molecule has 0 saturated carbocycles. The Morgan fingerprint density at radius 3 is 2.36 bits per heavy atom. The van der Waals surface area contributed by atoms with Crippen LogP contribution < -0.4 is 0 Å². The smallest absolute Gasteiger partial charge is 0.119 e. The fourth-order valence-corrected chi connectivity index (χ4v) is 3.75. The van der Waals surface area contributed by atoms with Gasteiger partial charge in [-0.3, -0.25) is 4.48 Å². The fourth-order valence-electron chi connectivity index (χ4n) is 3.75. The normalized spacial score (nSPS) is 21.9. The number of unbranched alkanes of at least 4 members (excludes halogenated alkanes) is 4. The third-order valence-corrected chi connectivity index (χ3v) is 4.95. The highest BCUT2D eigenvalue weighted by molar-refractivity contribution is 5.18. The van der Waals surface area contributed by atoms with Crippen LogP contribution in [0.3, 0.4) is 0 Å². The van der Waals surface area contributed by atoms with Gasteiger partial charge in [0.2, 0.25) is 0 Å². The zero-order valence-corrected chi connectivity index (χ0v) is 14.4. The SMILES string of the molecule is CCCCCCC[N+]1(C(CC)c2ccccc2)C=CC=CC1. The summed E-state index contributed by atoms with van der Waals surface area (Å²) in [6.45, 7) is 7.02. The molecule has 1 aliphatic heterocycles. The summed E-state index contributed by atoms with van der Waals surface area (Å²) in [4.78, 5) is 0. The van der Waals surface area contributed by atoms with Gasteiger partial charge in [0.05, 0.1) is 12.7 Å². The Kier molecular flexibility index (Phi) is 6.92. The van der Waals surface area contributed by atoms with Crippen molar-refractivity contribution >= 4 is 0 Å². The first-order valence-electron chi connectivity index (χ1n) is 9.08. The Bertz CT molecular complexity index is 474. The third kappa shape index (κ3) is 4.33. The average Bonchev–Trinajstić information content (AvgIpc) is 2.57. The van der Waals surface area contributed by atoms with E-state index in [0.29, 0.717) is 6.04 Å². The second kappa shape index (κ2) is 8.95. The highest BCUT2D eigenvalue weighted by Gasteiger charge is 2.34. The highest BCUT2D eigenvalue weighted by atomic mass is 15.4. The maximum atomic E-state index is 2.45. The first-order valence-corrected chi connectivity index (χ1v) is 9.08. The third-order valence-electron chi connectivity index (χ3n) is 4.95. The van der Waals surface area contributed by atoms with Gasteiger partial charge in [-0.1, -0.05) is 69.5 Å². The molecule has 0 bridgehead atoms. The van der Waals surface area contributed by atoms with Crippen LogP contribution in [0, 0.1) is 0 Å². The molecule has 0 radical (unpaired) electrons. The van der Waals surface area contributed by atoms with Gasteiger partial charge in [-0.05, 0) is 25.0 Å². The number of rotatable bonds is 9. The lowest BCUT2D eigenvalue weighted by Crippen LogP contribution is -2.47. The first-order chi connectivity index (χ1) is 10.8. The van der Waals surface area contributed by atoms with Crippen molar-refractivity contribution in [2.45, 2.75) is 58.4 Å². The summed E-state index contributed by atoms with van der Waals surface area (Å²) < 4.78 is 1.10. The summed E-state index contributed by atoms with van der Waals surface area (Å²) in [5, 5.41) is 0. The Morgan fingerprint density at radius 1 is 0.955 bits per heavy atom. The van der Waals surface area contributed by atoms with E-state index in [2.05, 4.69) is 68.6 Å². The molecule has 1 nitrogen and oxygen atoms in total. The fraction of sp³-hybridized carbons (Fsp3) is 0.524. The van der Waals surface area contributed by atoms with Crippen molar-refractivity contribution in [3.8, 4) is 0 Å². The molecule has 0 amide bonds. The number of hydrogen-bond acceptors (Lipinski definition) is 0. The van der Waals surface area contributed by atoms with Crippen molar-refractivity contribution < 1.29 is 4.48 Å². The highest BCUT2D eigenvalue weighted by Crippen LogP contribution is 2.34. The van der Waals surface area contributed by atoms with E-state index < -0.39 is 0 Å². The molecule has 1 aromatic rings. The van der Waals surface area contributed by atoms with Crippen molar-refractivity contribution in [2.75, 3.05) is 13.1 Å². The molecule has 2 rings (SSSR count). The second-order valence-electron chi connectivity index (χ2n) is 6.53. The predicted molar refractivity (Wildman–Crippen MR) is 96.5 cm³/mol. The van der Waals surface area contributed by atoms with Crippen LogP contribution in [0.1, 0.15) is 64.0 Å². The van der Waals surface area contributed by atoms with Crippen LogP contribution in [0.2, 0.25) is 0 Å². The monoisotopic (exact) mass is 298 g/mol. The maximum absolute atomic E-state index is 2.45. The van der Waals surface area contributed by atoms with Gasteiger partial charge in [0.25, 0.3) is 0 Å². The van der Waals surface area contributed by atoms with Gasteiger partial charge < -0.3 is 0 Å². The summed E-state index contributed by atoms with van der Waals surface area (Å²) >= 11 is 0. The number of quaternary nitrogens is 1. The molecular weight excluding hydrogens is 266 g/mol. The summed E-state index contributed by atoms with van der Waals surface area (Å²) in [5.74, 6) is 0. The first kappa shape index (κ1) is 17.0. The largest absolute Gasteiger partial charge is 0.288 e. The van der Waals surface area contributed by atoms with Gasteiger partial charge in [0.1, 0.15) is 12.6 Å². The van der Waals surface area contributed by atoms with Crippen LogP contribution in [0.25, 0.3) is 0 Å². The topological polar surface area (TPSA) is 0 Å². The zero-order valence-electron chi connectivity index (χ0n) is 14.4. The minimum atomic E-state index is 0.577. The molecule has 0 spiro atoms. The molecule has 2 atom stereocenters. The quantitative estimate of drug-likeness (QED) is 0.387. The zero-order chi connectivity index (χ0) is 15.7. The van der Waals surface area contributed by atoms with Gasteiger partial charge in [0, 0.05) is 12.0 Å².